The van der Waals surface area contributed by atoms with Crippen molar-refractivity contribution in [2.45, 2.75) is 87.8 Å². The average Bonchev–Trinajstić information content (AvgIpc) is 3.95. The molecule has 7 rings (SSSR count). The van der Waals surface area contributed by atoms with Gasteiger partial charge in [0.2, 0.25) is 35.4 Å². The van der Waals surface area contributed by atoms with Crippen LogP contribution in [0.5, 0.6) is 5.75 Å². The number of benzene rings is 4. The molecule has 9 N–H and O–H groups in total. The Morgan fingerprint density at radius 3 is 1.73 bits per heavy atom. The highest BCUT2D eigenvalue weighted by atomic mass is 31.2. The van der Waals surface area contributed by atoms with Gasteiger partial charge in [0, 0.05) is 49.3 Å². The number of fused-ring (bicyclic) bond motifs is 2. The molecule has 2 saturated heterocycles. The number of aliphatic hydroxyl groups is 1. The van der Waals surface area contributed by atoms with Crippen LogP contribution in [0.25, 0.3) is 10.9 Å². The van der Waals surface area contributed by atoms with Gasteiger partial charge in [0.05, 0.1) is 6.10 Å². The molecule has 2 aliphatic rings. The molecule has 0 aliphatic carbocycles. The lowest BCUT2D eigenvalue weighted by Crippen LogP contribution is -2.63. The second kappa shape index (κ2) is 21.0. The number of phosphoric acid groups is 1. The van der Waals surface area contributed by atoms with Gasteiger partial charge < -0.3 is 46.1 Å². The molecule has 0 bridgehead atoms. The first kappa shape index (κ1) is 47.1. The van der Waals surface area contributed by atoms with Crippen LogP contribution in [0.3, 0.4) is 0 Å². The molecule has 4 aromatic carbocycles. The van der Waals surface area contributed by atoms with E-state index in [9.17, 15) is 48.2 Å². The highest BCUT2D eigenvalue weighted by Gasteiger charge is 2.41. The fourth-order valence-corrected chi connectivity index (χ4v) is 8.74. The number of amides is 6. The molecule has 18 nitrogen and oxygen atoms in total. The zero-order valence-corrected chi connectivity index (χ0v) is 36.9. The summed E-state index contributed by atoms with van der Waals surface area (Å²) in [5, 5.41) is 25.5. The first-order valence-electron chi connectivity index (χ1n) is 21.6. The van der Waals surface area contributed by atoms with E-state index in [0.29, 0.717) is 28.7 Å². The SMILES string of the molecule is C[C@@H](O)[C@@H]1NC(=O)[C@H](Cc2c[nH]c3ccccc23)NC(=O)[C@H]2CCCN2C(=O)[C@H](Cc2ccc(OP(=O)(O)O)cc2)NC(=O)[C@H](Cc2ccccc2)NC(=O)[C@H](Cc2ccccc2)NC1=O. The normalized spacial score (nSPS) is 23.1. The van der Waals surface area contributed by atoms with E-state index in [1.54, 1.807) is 66.9 Å². The number of hydrogen-bond acceptors (Lipinski definition) is 9. The van der Waals surface area contributed by atoms with Gasteiger partial charge in [0.25, 0.3) is 0 Å². The standard InChI is InChI=1S/C47H52N7O11P/c1-28(55)41-46(60)51-37(24-30-13-6-3-7-14-30)42(56)49-36(23-29-11-4-2-5-12-29)43(57)52-39(25-31-18-20-33(21-19-31)65-66(62,63)64)47(61)54-22-10-17-40(54)45(59)50-38(44(58)53-41)26-32-27-48-35-16-9-8-15-34(32)35/h2-9,11-16,18-21,27-28,36-41,48,55H,10,17,22-26H2,1H3,(H,49,56)(H,50,59)(H,51,60)(H,52,57)(H,53,58)(H2,62,63,64)/t28-,36+,37+,38+,39+,40-,41+/m1/s1. The zero-order chi connectivity index (χ0) is 47.0. The summed E-state index contributed by atoms with van der Waals surface area (Å²) in [6.45, 7) is 1.42. The van der Waals surface area contributed by atoms with E-state index >= 15 is 0 Å². The van der Waals surface area contributed by atoms with Crippen LogP contribution in [0.15, 0.2) is 115 Å². The van der Waals surface area contributed by atoms with Crippen molar-refractivity contribution in [1.82, 2.24) is 36.5 Å². The van der Waals surface area contributed by atoms with E-state index in [4.69, 9.17) is 4.52 Å². The number of hydrogen-bond donors (Lipinski definition) is 9. The quantitative estimate of drug-likeness (QED) is 0.0862. The van der Waals surface area contributed by atoms with Crippen LogP contribution in [0.1, 0.15) is 42.0 Å². The molecule has 0 saturated carbocycles. The second-order valence-electron chi connectivity index (χ2n) is 16.5. The van der Waals surface area contributed by atoms with Gasteiger partial charge in [-0.05, 0) is 60.2 Å². The number of para-hydroxylation sites is 1. The summed E-state index contributed by atoms with van der Waals surface area (Å²) in [6, 6.07) is 22.5. The molecule has 5 aromatic rings. The maximum Gasteiger partial charge on any atom is 0.524 e. The number of phosphoric ester groups is 1. The topological polar surface area (TPSA) is 269 Å². The summed E-state index contributed by atoms with van der Waals surface area (Å²) in [5.41, 5.74) is 3.19. The maximum atomic E-state index is 14.8. The van der Waals surface area contributed by atoms with Crippen molar-refractivity contribution in [3.05, 3.63) is 138 Å². The monoisotopic (exact) mass is 921 g/mol. The molecule has 6 amide bonds. The van der Waals surface area contributed by atoms with Crippen LogP contribution >= 0.6 is 7.82 Å². The van der Waals surface area contributed by atoms with E-state index in [1.165, 1.54) is 36.1 Å². The van der Waals surface area contributed by atoms with Gasteiger partial charge >= 0.3 is 7.82 Å². The summed E-state index contributed by atoms with van der Waals surface area (Å²) in [5.74, 6) is -4.68. The molecule has 2 fully saturated rings. The summed E-state index contributed by atoms with van der Waals surface area (Å²) in [7, 11) is -4.88. The third kappa shape index (κ3) is 12.1. The Morgan fingerprint density at radius 2 is 1.12 bits per heavy atom. The van der Waals surface area contributed by atoms with E-state index in [1.807, 2.05) is 24.3 Å². The summed E-state index contributed by atoms with van der Waals surface area (Å²) in [4.78, 5) is 110. The largest absolute Gasteiger partial charge is 0.524 e. The van der Waals surface area contributed by atoms with Crippen LogP contribution in [-0.4, -0.2) is 109 Å². The first-order chi connectivity index (χ1) is 31.6. The maximum absolute atomic E-state index is 14.8. The molecule has 2 aliphatic heterocycles. The molecule has 19 heteroatoms. The van der Waals surface area contributed by atoms with E-state index < -0.39 is 85.6 Å². The molecular formula is C47H52N7O11P. The molecular weight excluding hydrogens is 870 g/mol. The van der Waals surface area contributed by atoms with Gasteiger partial charge in [-0.1, -0.05) is 91.0 Å². The lowest BCUT2D eigenvalue weighted by Gasteiger charge is -2.32. The van der Waals surface area contributed by atoms with Crippen molar-refractivity contribution in [3.63, 3.8) is 0 Å². The van der Waals surface area contributed by atoms with E-state index in [2.05, 4.69) is 31.6 Å². The van der Waals surface area contributed by atoms with Crippen molar-refractivity contribution in [3.8, 4) is 5.75 Å². The van der Waals surface area contributed by atoms with Crippen molar-refractivity contribution in [1.29, 1.82) is 0 Å². The Balaban J connectivity index is 1.28. The smallest absolute Gasteiger partial charge is 0.404 e. The number of aromatic amines is 1. The Labute approximate surface area is 380 Å². The molecule has 3 heterocycles. The third-order valence-corrected chi connectivity index (χ3v) is 12.1. The van der Waals surface area contributed by atoms with Crippen LogP contribution in [0.2, 0.25) is 0 Å². The lowest BCUT2D eigenvalue weighted by atomic mass is 9.99. The van der Waals surface area contributed by atoms with E-state index in [0.717, 1.165) is 10.9 Å². The Morgan fingerprint density at radius 1 is 0.621 bits per heavy atom. The Bertz CT molecular complexity index is 2590. The highest BCUT2D eigenvalue weighted by Crippen LogP contribution is 2.37. The summed E-state index contributed by atoms with van der Waals surface area (Å²) < 4.78 is 16.2. The van der Waals surface area contributed by atoms with Gasteiger partial charge in [-0.25, -0.2) is 4.57 Å². The van der Waals surface area contributed by atoms with Crippen LogP contribution in [-0.2, 0) is 59.0 Å². The van der Waals surface area contributed by atoms with Crippen molar-refractivity contribution < 1.29 is 52.7 Å². The number of carbonyl (C=O) groups excluding carboxylic acids is 6. The molecule has 7 atom stereocenters. The van der Waals surface area contributed by atoms with Crippen LogP contribution < -0.4 is 31.1 Å². The minimum absolute atomic E-state index is 0.0430. The fraction of sp³-hybridized carbons (Fsp3) is 0.319. The predicted octanol–water partition coefficient (Wildman–Crippen LogP) is 1.72. The Hall–Kier alpha value is -6.85. The summed E-state index contributed by atoms with van der Waals surface area (Å²) in [6.07, 6.45) is 0.525. The Kier molecular flexibility index (Phi) is 15.0. The van der Waals surface area contributed by atoms with Gasteiger partial charge in [-0.15, -0.1) is 0 Å². The first-order valence-corrected chi connectivity index (χ1v) is 23.1. The van der Waals surface area contributed by atoms with Crippen molar-refractivity contribution in [2.24, 2.45) is 0 Å². The van der Waals surface area contributed by atoms with Crippen LogP contribution in [0.4, 0.5) is 0 Å². The third-order valence-electron chi connectivity index (χ3n) is 11.7. The van der Waals surface area contributed by atoms with Gasteiger partial charge in [0.15, 0.2) is 0 Å². The number of aliphatic hydroxyl groups excluding tert-OH is 1. The van der Waals surface area contributed by atoms with Crippen LogP contribution in [0, 0.1) is 0 Å². The van der Waals surface area contributed by atoms with E-state index in [-0.39, 0.29) is 44.4 Å². The van der Waals surface area contributed by atoms with Gasteiger partial charge in [-0.3, -0.25) is 38.6 Å². The molecule has 0 unspecified atom stereocenters. The number of carbonyl (C=O) groups is 6. The lowest BCUT2D eigenvalue weighted by molar-refractivity contribution is -0.143. The minimum Gasteiger partial charge on any atom is -0.404 e. The second-order valence-corrected chi connectivity index (χ2v) is 17.7. The number of H-pyrrole nitrogens is 1. The van der Waals surface area contributed by atoms with Gasteiger partial charge in [0.1, 0.15) is 42.0 Å². The minimum atomic E-state index is -4.88. The molecule has 66 heavy (non-hydrogen) atoms. The predicted molar refractivity (Wildman–Crippen MR) is 241 cm³/mol. The molecule has 0 spiro atoms. The van der Waals surface area contributed by atoms with Crippen molar-refractivity contribution >= 4 is 54.2 Å². The highest BCUT2D eigenvalue weighted by molar-refractivity contribution is 7.46. The average molecular weight is 922 g/mol. The number of aromatic nitrogens is 1. The molecule has 0 radical (unpaired) electrons. The van der Waals surface area contributed by atoms with Crippen molar-refractivity contribution in [2.75, 3.05) is 6.54 Å². The number of nitrogens with zero attached hydrogens (tertiary/aromatic N) is 1. The summed E-state index contributed by atoms with van der Waals surface area (Å²) >= 11 is 0. The van der Waals surface area contributed by atoms with Gasteiger partial charge in [-0.2, -0.15) is 0 Å². The molecule has 346 valence electrons. The zero-order valence-electron chi connectivity index (χ0n) is 36.0. The number of rotatable bonds is 11. The number of nitrogens with one attached hydrogen (secondary N) is 6. The molecule has 1 aromatic heterocycles. The fourth-order valence-electron chi connectivity index (χ4n) is 8.34.